The van der Waals surface area contributed by atoms with Crippen molar-refractivity contribution in [3.05, 3.63) is 29.8 Å². The molecule has 2 nitrogen and oxygen atoms in total. The number of nitrogens with one attached hydrogen (secondary N) is 1. The molecule has 0 saturated heterocycles. The maximum Gasteiger partial charge on any atom is 0.123 e. The van der Waals surface area contributed by atoms with Crippen LogP contribution in [0.15, 0.2) is 24.3 Å². The molecule has 1 unspecified atom stereocenters. The van der Waals surface area contributed by atoms with Gasteiger partial charge in [0.1, 0.15) is 5.75 Å². The van der Waals surface area contributed by atoms with E-state index in [4.69, 9.17) is 4.74 Å². The summed E-state index contributed by atoms with van der Waals surface area (Å²) in [5.74, 6) is 1.79. The standard InChI is InChI=1S/C16H27NO/c1-5-18-16-9-7-6-8-15(16)12-17-14(4)11-10-13(2)3/h6-9,13-14,17H,5,10-12H2,1-4H3. The largest absolute Gasteiger partial charge is 0.494 e. The van der Waals surface area contributed by atoms with Crippen molar-refractivity contribution in [2.45, 2.75) is 53.1 Å². The number of rotatable bonds is 8. The molecule has 0 bridgehead atoms. The van der Waals surface area contributed by atoms with Crippen molar-refractivity contribution in [1.82, 2.24) is 5.32 Å². The van der Waals surface area contributed by atoms with Gasteiger partial charge in [0.2, 0.25) is 0 Å². The Kier molecular flexibility index (Phi) is 6.81. The first-order chi connectivity index (χ1) is 8.63. The van der Waals surface area contributed by atoms with Crippen molar-refractivity contribution < 1.29 is 4.74 Å². The number of ether oxygens (including phenoxy) is 1. The first-order valence-corrected chi connectivity index (χ1v) is 7.07. The molecule has 0 spiro atoms. The second kappa shape index (κ2) is 8.15. The van der Waals surface area contributed by atoms with Crippen LogP contribution in [0.5, 0.6) is 5.75 Å². The van der Waals surface area contributed by atoms with E-state index in [1.54, 1.807) is 0 Å². The van der Waals surface area contributed by atoms with Gasteiger partial charge in [0.15, 0.2) is 0 Å². The highest BCUT2D eigenvalue weighted by molar-refractivity contribution is 5.33. The molecule has 0 heterocycles. The molecule has 0 aliphatic heterocycles. The summed E-state index contributed by atoms with van der Waals surface area (Å²) >= 11 is 0. The van der Waals surface area contributed by atoms with Gasteiger partial charge in [0.25, 0.3) is 0 Å². The summed E-state index contributed by atoms with van der Waals surface area (Å²) in [6.45, 7) is 10.4. The third-order valence-corrected chi connectivity index (χ3v) is 3.09. The summed E-state index contributed by atoms with van der Waals surface area (Å²) in [5.41, 5.74) is 1.25. The van der Waals surface area contributed by atoms with E-state index in [0.717, 1.165) is 24.8 Å². The first-order valence-electron chi connectivity index (χ1n) is 7.07. The molecule has 2 heteroatoms. The summed E-state index contributed by atoms with van der Waals surface area (Å²) in [6.07, 6.45) is 2.51. The van der Waals surface area contributed by atoms with Crippen molar-refractivity contribution in [2.24, 2.45) is 5.92 Å². The van der Waals surface area contributed by atoms with Crippen LogP contribution in [0, 0.1) is 5.92 Å². The molecule has 0 saturated carbocycles. The maximum absolute atomic E-state index is 5.63. The summed E-state index contributed by atoms with van der Waals surface area (Å²) in [6, 6.07) is 8.82. The van der Waals surface area contributed by atoms with Gasteiger partial charge in [0.05, 0.1) is 6.61 Å². The fraction of sp³-hybridized carbons (Fsp3) is 0.625. The Hall–Kier alpha value is -1.02. The van der Waals surface area contributed by atoms with E-state index in [1.807, 2.05) is 19.1 Å². The molecule has 1 aromatic carbocycles. The van der Waals surface area contributed by atoms with Gasteiger partial charge in [-0.2, -0.15) is 0 Å². The Balaban J connectivity index is 2.42. The van der Waals surface area contributed by atoms with Crippen molar-refractivity contribution in [3.63, 3.8) is 0 Å². The monoisotopic (exact) mass is 249 g/mol. The van der Waals surface area contributed by atoms with Crippen LogP contribution in [0.4, 0.5) is 0 Å². The van der Waals surface area contributed by atoms with Crippen LogP contribution in [0.25, 0.3) is 0 Å². The molecule has 0 amide bonds. The van der Waals surface area contributed by atoms with Gasteiger partial charge in [-0.25, -0.2) is 0 Å². The van der Waals surface area contributed by atoms with Crippen LogP contribution in [-0.4, -0.2) is 12.6 Å². The molecular weight excluding hydrogens is 222 g/mol. The Bertz CT molecular complexity index is 336. The van der Waals surface area contributed by atoms with Gasteiger partial charge in [-0.05, 0) is 38.7 Å². The molecule has 0 fully saturated rings. The Labute approximate surface area is 112 Å². The highest BCUT2D eigenvalue weighted by atomic mass is 16.5. The van der Waals surface area contributed by atoms with E-state index >= 15 is 0 Å². The van der Waals surface area contributed by atoms with Crippen molar-refractivity contribution >= 4 is 0 Å². The number of hydrogen-bond donors (Lipinski definition) is 1. The highest BCUT2D eigenvalue weighted by Gasteiger charge is 2.06. The van der Waals surface area contributed by atoms with Gasteiger partial charge in [-0.3, -0.25) is 0 Å². The summed E-state index contributed by atoms with van der Waals surface area (Å²) in [5, 5.41) is 3.57. The molecule has 18 heavy (non-hydrogen) atoms. The zero-order valence-electron chi connectivity index (χ0n) is 12.2. The molecule has 0 radical (unpaired) electrons. The van der Waals surface area contributed by atoms with Gasteiger partial charge in [-0.1, -0.05) is 32.0 Å². The van der Waals surface area contributed by atoms with Gasteiger partial charge in [0, 0.05) is 18.2 Å². The lowest BCUT2D eigenvalue weighted by molar-refractivity contribution is 0.334. The molecule has 1 aromatic rings. The first kappa shape index (κ1) is 15.0. The Morgan fingerprint density at radius 1 is 1.11 bits per heavy atom. The molecule has 0 aliphatic carbocycles. The molecule has 0 aliphatic rings. The SMILES string of the molecule is CCOc1ccccc1CNC(C)CCC(C)C. The summed E-state index contributed by atoms with van der Waals surface area (Å²) in [4.78, 5) is 0. The zero-order chi connectivity index (χ0) is 13.4. The predicted octanol–water partition coefficient (Wildman–Crippen LogP) is 4.00. The average Bonchev–Trinajstić information content (AvgIpc) is 2.35. The highest BCUT2D eigenvalue weighted by Crippen LogP contribution is 2.18. The third-order valence-electron chi connectivity index (χ3n) is 3.09. The van der Waals surface area contributed by atoms with Crippen molar-refractivity contribution in [3.8, 4) is 5.75 Å². The van der Waals surface area contributed by atoms with E-state index in [1.165, 1.54) is 18.4 Å². The number of para-hydroxylation sites is 1. The van der Waals surface area contributed by atoms with Gasteiger partial charge < -0.3 is 10.1 Å². The lowest BCUT2D eigenvalue weighted by atomic mass is 10.0. The Morgan fingerprint density at radius 3 is 2.50 bits per heavy atom. The third kappa shape index (κ3) is 5.54. The lowest BCUT2D eigenvalue weighted by Crippen LogP contribution is -2.26. The summed E-state index contributed by atoms with van der Waals surface area (Å²) in [7, 11) is 0. The Morgan fingerprint density at radius 2 is 1.83 bits per heavy atom. The molecule has 0 aromatic heterocycles. The van der Waals surface area contributed by atoms with E-state index < -0.39 is 0 Å². The predicted molar refractivity (Wildman–Crippen MR) is 78.0 cm³/mol. The topological polar surface area (TPSA) is 21.3 Å². The minimum absolute atomic E-state index is 0.557. The molecular formula is C16H27NO. The second-order valence-corrected chi connectivity index (χ2v) is 5.29. The van der Waals surface area contributed by atoms with Gasteiger partial charge >= 0.3 is 0 Å². The van der Waals surface area contributed by atoms with Crippen LogP contribution in [0.1, 0.15) is 46.1 Å². The normalized spacial score (nSPS) is 12.7. The van der Waals surface area contributed by atoms with E-state index in [9.17, 15) is 0 Å². The van der Waals surface area contributed by atoms with Crippen LogP contribution < -0.4 is 10.1 Å². The maximum atomic E-state index is 5.63. The zero-order valence-corrected chi connectivity index (χ0v) is 12.2. The fourth-order valence-electron chi connectivity index (χ4n) is 1.92. The van der Waals surface area contributed by atoms with Crippen LogP contribution in [-0.2, 0) is 6.54 Å². The van der Waals surface area contributed by atoms with E-state index in [2.05, 4.69) is 38.2 Å². The van der Waals surface area contributed by atoms with E-state index in [0.29, 0.717) is 6.04 Å². The fourth-order valence-corrected chi connectivity index (χ4v) is 1.92. The van der Waals surface area contributed by atoms with E-state index in [-0.39, 0.29) is 0 Å². The number of hydrogen-bond acceptors (Lipinski definition) is 2. The minimum atomic E-state index is 0.557. The van der Waals surface area contributed by atoms with Gasteiger partial charge in [-0.15, -0.1) is 0 Å². The van der Waals surface area contributed by atoms with Crippen LogP contribution in [0.2, 0.25) is 0 Å². The van der Waals surface area contributed by atoms with Crippen LogP contribution >= 0.6 is 0 Å². The molecule has 1 N–H and O–H groups in total. The van der Waals surface area contributed by atoms with Crippen molar-refractivity contribution in [1.29, 1.82) is 0 Å². The molecule has 1 rings (SSSR count). The molecule has 102 valence electrons. The lowest BCUT2D eigenvalue weighted by Gasteiger charge is -2.16. The quantitative estimate of drug-likeness (QED) is 0.752. The minimum Gasteiger partial charge on any atom is -0.494 e. The second-order valence-electron chi connectivity index (χ2n) is 5.29. The van der Waals surface area contributed by atoms with Crippen LogP contribution in [0.3, 0.4) is 0 Å². The molecule has 1 atom stereocenters. The summed E-state index contributed by atoms with van der Waals surface area (Å²) < 4.78 is 5.63. The number of benzene rings is 1. The average molecular weight is 249 g/mol. The van der Waals surface area contributed by atoms with Crippen molar-refractivity contribution in [2.75, 3.05) is 6.61 Å². The smallest absolute Gasteiger partial charge is 0.123 e.